The van der Waals surface area contributed by atoms with Crippen LogP contribution in [0.25, 0.3) is 10.9 Å². The third-order valence-electron chi connectivity index (χ3n) is 5.31. The predicted molar refractivity (Wildman–Crippen MR) is 134 cm³/mol. The molecule has 0 aliphatic heterocycles. The van der Waals surface area contributed by atoms with Crippen molar-refractivity contribution in [3.8, 4) is 28.7 Å². The molecule has 1 heterocycles. The van der Waals surface area contributed by atoms with Crippen molar-refractivity contribution in [3.63, 3.8) is 0 Å². The first-order valence-corrected chi connectivity index (χ1v) is 11.6. The molecule has 0 aliphatic rings. The number of carbonyl (C=O) groups excluding carboxylic acids is 1. The molecule has 0 aliphatic carbocycles. The summed E-state index contributed by atoms with van der Waals surface area (Å²) in [6, 6.07) is 8.54. The molecule has 0 fully saturated rings. The highest BCUT2D eigenvalue weighted by Gasteiger charge is 2.18. The molecule has 0 saturated carbocycles. The van der Waals surface area contributed by atoms with Gasteiger partial charge in [-0.3, -0.25) is 9.59 Å². The lowest BCUT2D eigenvalue weighted by Gasteiger charge is -2.17. The maximum Gasteiger partial charge on any atom is 0.251 e. The zero-order valence-electron chi connectivity index (χ0n) is 20.8. The van der Waals surface area contributed by atoms with Crippen LogP contribution >= 0.6 is 0 Å². The molecule has 35 heavy (non-hydrogen) atoms. The molecule has 0 spiro atoms. The van der Waals surface area contributed by atoms with E-state index in [9.17, 15) is 9.59 Å². The third-order valence-corrected chi connectivity index (χ3v) is 5.31. The minimum atomic E-state index is -0.313. The second-order valence-corrected chi connectivity index (χ2v) is 7.49. The number of hydrogen-bond donors (Lipinski definition) is 2. The Hall–Kier alpha value is -3.88. The summed E-state index contributed by atoms with van der Waals surface area (Å²) < 4.78 is 27.8. The minimum absolute atomic E-state index is 0.251. The van der Waals surface area contributed by atoms with Gasteiger partial charge in [-0.25, -0.2) is 0 Å². The molecule has 0 bridgehead atoms. The van der Waals surface area contributed by atoms with Gasteiger partial charge in [0, 0.05) is 23.1 Å². The van der Waals surface area contributed by atoms with Crippen LogP contribution in [-0.4, -0.2) is 51.5 Å². The zero-order valence-corrected chi connectivity index (χ0v) is 20.8. The van der Waals surface area contributed by atoms with Crippen LogP contribution in [0.15, 0.2) is 35.1 Å². The fourth-order valence-electron chi connectivity index (χ4n) is 3.75. The van der Waals surface area contributed by atoms with Gasteiger partial charge in [0.15, 0.2) is 11.5 Å². The molecule has 3 rings (SSSR count). The van der Waals surface area contributed by atoms with Gasteiger partial charge in [0.25, 0.3) is 11.5 Å². The number of hydrogen-bond acceptors (Lipinski definition) is 7. The second kappa shape index (κ2) is 12.0. The molecule has 3 aromatic rings. The van der Waals surface area contributed by atoms with Crippen molar-refractivity contribution in [1.29, 1.82) is 0 Å². The van der Waals surface area contributed by atoms with E-state index in [2.05, 4.69) is 10.3 Å². The number of H-pyrrole nitrogens is 1. The topological polar surface area (TPSA) is 108 Å². The Morgan fingerprint density at radius 2 is 1.46 bits per heavy atom. The Kier molecular flexibility index (Phi) is 8.83. The SMILES string of the molecule is CCOc1cc(C(=O)NCCc2cc3c(OC)ccc(OC)c3[nH]c2=O)cc(OCC)c1OCC. The van der Waals surface area contributed by atoms with Crippen LogP contribution in [0.3, 0.4) is 0 Å². The first-order chi connectivity index (χ1) is 17.0. The number of rotatable bonds is 12. The number of pyridine rings is 1. The maximum absolute atomic E-state index is 12.9. The Morgan fingerprint density at radius 1 is 0.857 bits per heavy atom. The van der Waals surface area contributed by atoms with Crippen molar-refractivity contribution < 1.29 is 28.5 Å². The number of nitrogens with one attached hydrogen (secondary N) is 2. The van der Waals surface area contributed by atoms with E-state index in [-0.39, 0.29) is 18.0 Å². The minimum Gasteiger partial charge on any atom is -0.496 e. The van der Waals surface area contributed by atoms with E-state index >= 15 is 0 Å². The average molecular weight is 485 g/mol. The molecule has 2 N–H and O–H groups in total. The van der Waals surface area contributed by atoms with Gasteiger partial charge in [0.2, 0.25) is 5.75 Å². The van der Waals surface area contributed by atoms with Crippen LogP contribution in [0.1, 0.15) is 36.7 Å². The molecule has 0 atom stereocenters. The number of fused-ring (bicyclic) bond motifs is 1. The van der Waals surface area contributed by atoms with Crippen molar-refractivity contribution in [1.82, 2.24) is 10.3 Å². The fourth-order valence-corrected chi connectivity index (χ4v) is 3.75. The summed E-state index contributed by atoms with van der Waals surface area (Å²) in [7, 11) is 3.11. The number of aromatic amines is 1. The van der Waals surface area contributed by atoms with E-state index in [1.54, 1.807) is 37.4 Å². The molecule has 2 aromatic carbocycles. The smallest absolute Gasteiger partial charge is 0.251 e. The molecule has 0 unspecified atom stereocenters. The summed E-state index contributed by atoms with van der Waals surface area (Å²) in [5.74, 6) is 2.20. The normalized spacial score (nSPS) is 10.7. The summed E-state index contributed by atoms with van der Waals surface area (Å²) in [5, 5.41) is 3.59. The van der Waals surface area contributed by atoms with Crippen molar-refractivity contribution in [3.05, 3.63) is 51.8 Å². The van der Waals surface area contributed by atoms with Crippen LogP contribution in [0.2, 0.25) is 0 Å². The second-order valence-electron chi connectivity index (χ2n) is 7.49. The molecule has 9 nitrogen and oxygen atoms in total. The summed E-state index contributed by atoms with van der Waals surface area (Å²) in [6.45, 7) is 7.09. The van der Waals surface area contributed by atoms with E-state index in [4.69, 9.17) is 23.7 Å². The van der Waals surface area contributed by atoms with Crippen molar-refractivity contribution in [2.75, 3.05) is 40.6 Å². The molecule has 0 radical (unpaired) electrons. The fraction of sp³-hybridized carbons (Fsp3) is 0.385. The third kappa shape index (κ3) is 5.79. The lowest BCUT2D eigenvalue weighted by atomic mass is 10.1. The first-order valence-electron chi connectivity index (χ1n) is 11.6. The lowest BCUT2D eigenvalue weighted by molar-refractivity contribution is 0.0953. The van der Waals surface area contributed by atoms with E-state index in [0.717, 1.165) is 5.39 Å². The Bertz CT molecular complexity index is 1210. The number of benzene rings is 2. The number of aromatic nitrogens is 1. The maximum atomic E-state index is 12.9. The lowest BCUT2D eigenvalue weighted by Crippen LogP contribution is -2.27. The van der Waals surface area contributed by atoms with Crippen LogP contribution in [0, 0.1) is 0 Å². The summed E-state index contributed by atoms with van der Waals surface area (Å²) >= 11 is 0. The van der Waals surface area contributed by atoms with Gasteiger partial charge < -0.3 is 34.0 Å². The Balaban J connectivity index is 1.81. The van der Waals surface area contributed by atoms with E-state index < -0.39 is 0 Å². The Labute approximate surface area is 204 Å². The van der Waals surface area contributed by atoms with Gasteiger partial charge in [-0.1, -0.05) is 0 Å². The van der Waals surface area contributed by atoms with Crippen LogP contribution in [0.4, 0.5) is 0 Å². The number of amides is 1. The first kappa shape index (κ1) is 25.7. The molecule has 0 saturated heterocycles. The van der Waals surface area contributed by atoms with Gasteiger partial charge >= 0.3 is 0 Å². The van der Waals surface area contributed by atoms with Gasteiger partial charge in [-0.2, -0.15) is 0 Å². The summed E-state index contributed by atoms with van der Waals surface area (Å²) in [5.41, 5.74) is 1.20. The highest BCUT2D eigenvalue weighted by atomic mass is 16.5. The Morgan fingerprint density at radius 3 is 2.03 bits per heavy atom. The zero-order chi connectivity index (χ0) is 25.4. The van der Waals surface area contributed by atoms with Crippen molar-refractivity contribution in [2.45, 2.75) is 27.2 Å². The van der Waals surface area contributed by atoms with Crippen molar-refractivity contribution >= 4 is 16.8 Å². The van der Waals surface area contributed by atoms with E-state index in [1.165, 1.54) is 7.11 Å². The molecule has 1 aromatic heterocycles. The standard InChI is InChI=1S/C26H32N2O7/c1-6-33-21-14-17(15-22(34-7-2)24(21)35-8-3)25(29)27-12-11-16-13-18-19(31-4)9-10-20(32-5)23(18)28-26(16)30/h9-10,13-15H,6-8,11-12H2,1-5H3,(H,27,29)(H,28,30). The summed E-state index contributed by atoms with van der Waals surface area (Å²) in [4.78, 5) is 28.4. The highest BCUT2D eigenvalue weighted by Crippen LogP contribution is 2.39. The highest BCUT2D eigenvalue weighted by molar-refractivity contribution is 5.95. The van der Waals surface area contributed by atoms with Gasteiger partial charge in [-0.05, 0) is 57.5 Å². The number of carbonyl (C=O) groups is 1. The molecular weight excluding hydrogens is 452 g/mol. The number of methoxy groups -OCH3 is 2. The van der Waals surface area contributed by atoms with Gasteiger partial charge in [-0.15, -0.1) is 0 Å². The molecule has 188 valence electrons. The monoisotopic (exact) mass is 484 g/mol. The van der Waals surface area contributed by atoms with Crippen LogP contribution in [-0.2, 0) is 6.42 Å². The predicted octanol–water partition coefficient (Wildman–Crippen LogP) is 3.71. The quantitative estimate of drug-likeness (QED) is 0.403. The molecule has 9 heteroatoms. The summed E-state index contributed by atoms with van der Waals surface area (Å²) in [6.07, 6.45) is 0.324. The average Bonchev–Trinajstić information content (AvgIpc) is 2.85. The van der Waals surface area contributed by atoms with Crippen LogP contribution < -0.4 is 34.6 Å². The number of ether oxygens (including phenoxy) is 5. The van der Waals surface area contributed by atoms with Crippen LogP contribution in [0.5, 0.6) is 28.7 Å². The van der Waals surface area contributed by atoms with Gasteiger partial charge in [0.05, 0.1) is 39.6 Å². The van der Waals surface area contributed by atoms with Gasteiger partial charge in [0.1, 0.15) is 11.5 Å². The van der Waals surface area contributed by atoms with Crippen molar-refractivity contribution in [2.24, 2.45) is 0 Å². The largest absolute Gasteiger partial charge is 0.496 e. The van der Waals surface area contributed by atoms with E-state index in [0.29, 0.717) is 71.6 Å². The molecular formula is C26H32N2O7. The van der Waals surface area contributed by atoms with E-state index in [1.807, 2.05) is 20.8 Å². The molecule has 1 amide bonds.